The van der Waals surface area contributed by atoms with Gasteiger partial charge in [-0.2, -0.15) is 0 Å². The van der Waals surface area contributed by atoms with Crippen LogP contribution in [0.5, 0.6) is 0 Å². The van der Waals surface area contributed by atoms with Crippen molar-refractivity contribution < 1.29 is 0 Å². The van der Waals surface area contributed by atoms with Crippen LogP contribution in [-0.2, 0) is 37.9 Å². The van der Waals surface area contributed by atoms with Gasteiger partial charge in [0.2, 0.25) is 6.71 Å². The molecule has 4 nitrogen and oxygen atoms in total. The van der Waals surface area contributed by atoms with Gasteiger partial charge in [-0.15, -0.1) is 0 Å². The van der Waals surface area contributed by atoms with E-state index in [1.807, 2.05) is 0 Å². The molecule has 18 rings (SSSR count). The van der Waals surface area contributed by atoms with Gasteiger partial charge in [0, 0.05) is 61.1 Å². The lowest BCUT2D eigenvalue weighted by Gasteiger charge is -2.53. The van der Waals surface area contributed by atoms with Crippen molar-refractivity contribution in [1.82, 2.24) is 9.13 Å². The molecule has 0 radical (unpaired) electrons. The van der Waals surface area contributed by atoms with Crippen LogP contribution < -0.4 is 26.2 Å². The number of nitrogens with zero attached hydrogens (tertiary/aromatic N) is 4. The predicted molar refractivity (Wildman–Crippen MR) is 464 cm³/mol. The standard InChI is InChI=1S/C103H99BN4/c1-97(2,3)66-42-50-87-77(54-66)78-55-67(98(4,5)6)43-51-88(78)106(87)73-46-48-85-83(62-73)103(81-38-28-30-40-91(81)105(72-36-26-21-27-37-72)92-41-31-29-39-82(92)103)84-60-71(102(16,17)18)61-94-95(84)104(85)86-49-47-74(107-89-52-44-68(99(7,8)9)56-79(89)80-57-69(100(10,11)12)45-53-90(80)107)63-93(86)108(94)96-75(64-32-22-19-23-33-64)58-70(101(13,14)15)59-76(96)65-34-24-20-25-35-65/h19-63H,1-18H3. The van der Waals surface area contributed by atoms with Crippen molar-refractivity contribution in [1.29, 1.82) is 0 Å². The number of benzene rings is 13. The minimum atomic E-state index is -0.895. The van der Waals surface area contributed by atoms with Gasteiger partial charge in [0.05, 0.1) is 44.5 Å². The highest BCUT2D eigenvalue weighted by Crippen LogP contribution is 2.61. The third-order valence-electron chi connectivity index (χ3n) is 24.3. The van der Waals surface area contributed by atoms with Crippen LogP contribution in [0.2, 0.25) is 0 Å². The van der Waals surface area contributed by atoms with Crippen molar-refractivity contribution in [2.45, 2.75) is 163 Å². The van der Waals surface area contributed by atoms with Crippen molar-refractivity contribution in [3.8, 4) is 33.6 Å². The molecule has 0 bridgehead atoms. The van der Waals surface area contributed by atoms with Crippen LogP contribution in [0.15, 0.2) is 273 Å². The lowest BCUT2D eigenvalue weighted by atomic mass is 9.29. The number of aromatic nitrogens is 2. The number of fused-ring (bicyclic) bond motifs is 16. The highest BCUT2D eigenvalue weighted by molar-refractivity contribution is 6.99. The van der Waals surface area contributed by atoms with Gasteiger partial charge in [0.1, 0.15) is 0 Å². The normalized spacial score (nSPS) is 14.2. The highest BCUT2D eigenvalue weighted by atomic mass is 15.2. The molecule has 13 aromatic carbocycles. The van der Waals surface area contributed by atoms with E-state index in [1.54, 1.807) is 0 Å². The van der Waals surface area contributed by atoms with Gasteiger partial charge in [-0.25, -0.2) is 0 Å². The molecule has 534 valence electrons. The lowest BCUT2D eigenvalue weighted by Crippen LogP contribution is -2.65. The SMILES string of the molecule is CC(C)(C)c1cc(-c2ccccc2)c(N2c3cc(-n4c5ccc(C(C)(C)C)cc5c5cc(C(C)(C)C)ccc54)ccc3B3c4ccc(-n5c6ccc(C(C)(C)C)cc6c6cc(C(C)(C)C)ccc65)cc4C4(c5ccccc5N(c5ccccc5)c5ccccc54)c4cc(C(C)(C)C)cc2c43)c(-c2ccccc2)c1. The van der Waals surface area contributed by atoms with Gasteiger partial charge in [-0.3, -0.25) is 0 Å². The van der Waals surface area contributed by atoms with Crippen LogP contribution in [0.3, 0.4) is 0 Å². The molecule has 3 aliphatic heterocycles. The van der Waals surface area contributed by atoms with Crippen molar-refractivity contribution in [3.05, 3.63) is 329 Å². The van der Waals surface area contributed by atoms with Gasteiger partial charge in [-0.1, -0.05) is 288 Å². The summed E-state index contributed by atoms with van der Waals surface area (Å²) < 4.78 is 5.18. The summed E-state index contributed by atoms with van der Waals surface area (Å²) in [5, 5.41) is 5.09. The van der Waals surface area contributed by atoms with Crippen molar-refractivity contribution in [2.75, 3.05) is 9.80 Å². The van der Waals surface area contributed by atoms with E-state index in [1.165, 1.54) is 144 Å². The molecule has 15 aromatic rings. The summed E-state index contributed by atoms with van der Waals surface area (Å²) in [5.41, 5.74) is 33.9. The number of hydrogen-bond acceptors (Lipinski definition) is 2. The smallest absolute Gasteiger partial charge is 0.247 e. The Hall–Kier alpha value is -10.9. The maximum atomic E-state index is 2.78. The second kappa shape index (κ2) is 24.1. The Labute approximate surface area is 640 Å². The molecule has 5 heteroatoms. The maximum Gasteiger partial charge on any atom is 0.247 e. The van der Waals surface area contributed by atoms with Gasteiger partial charge in [0.25, 0.3) is 0 Å². The van der Waals surface area contributed by atoms with Crippen LogP contribution in [0.1, 0.15) is 180 Å². The van der Waals surface area contributed by atoms with E-state index in [0.717, 1.165) is 39.8 Å². The Kier molecular flexibility index (Phi) is 15.4. The number of anilines is 6. The highest BCUT2D eigenvalue weighted by Gasteiger charge is 2.56. The molecule has 3 aliphatic rings. The summed E-state index contributed by atoms with van der Waals surface area (Å²) in [4.78, 5) is 5.32. The molecule has 0 aliphatic carbocycles. The van der Waals surface area contributed by atoms with Gasteiger partial charge < -0.3 is 18.9 Å². The van der Waals surface area contributed by atoms with Crippen LogP contribution in [0.25, 0.3) is 77.2 Å². The van der Waals surface area contributed by atoms with E-state index >= 15 is 0 Å². The van der Waals surface area contributed by atoms with Gasteiger partial charge in [-0.05, 0) is 225 Å². The zero-order chi connectivity index (χ0) is 75.3. The van der Waals surface area contributed by atoms with Crippen molar-refractivity contribution in [2.24, 2.45) is 0 Å². The van der Waals surface area contributed by atoms with Crippen LogP contribution in [-0.4, -0.2) is 15.8 Å². The zero-order valence-corrected chi connectivity index (χ0v) is 66.3. The van der Waals surface area contributed by atoms with E-state index in [2.05, 4.69) is 417 Å². The quantitative estimate of drug-likeness (QED) is 0.154. The van der Waals surface area contributed by atoms with Crippen LogP contribution in [0.4, 0.5) is 34.1 Å². The fraction of sp³-hybridized carbons (Fsp3) is 0.243. The second-order valence-electron chi connectivity index (χ2n) is 37.4. The largest absolute Gasteiger partial charge is 0.310 e. The van der Waals surface area contributed by atoms with Crippen molar-refractivity contribution in [3.63, 3.8) is 0 Å². The number of rotatable bonds is 6. The molecule has 2 aromatic heterocycles. The molecule has 0 amide bonds. The Bertz CT molecular complexity index is 5930. The summed E-state index contributed by atoms with van der Waals surface area (Å²) >= 11 is 0. The summed E-state index contributed by atoms with van der Waals surface area (Å²) in [6, 6.07) is 107. The third-order valence-corrected chi connectivity index (χ3v) is 24.3. The molecule has 5 heterocycles. The fourth-order valence-electron chi connectivity index (χ4n) is 18.4. The molecule has 0 atom stereocenters. The van der Waals surface area contributed by atoms with E-state index < -0.39 is 5.41 Å². The fourth-order valence-corrected chi connectivity index (χ4v) is 18.4. The molecular formula is C103H99BN4. The summed E-state index contributed by atoms with van der Waals surface area (Å²) in [6.07, 6.45) is 0. The second-order valence-corrected chi connectivity index (χ2v) is 37.4. The molecular weight excluding hydrogens is 1300 g/mol. The third kappa shape index (κ3) is 10.7. The first-order valence-electron chi connectivity index (χ1n) is 39.2. The topological polar surface area (TPSA) is 16.3 Å². The minimum absolute atomic E-state index is 0.0551. The van der Waals surface area contributed by atoms with Crippen LogP contribution in [0, 0.1) is 0 Å². The molecule has 0 saturated carbocycles. The monoisotopic (exact) mass is 1400 g/mol. The van der Waals surface area contributed by atoms with E-state index in [4.69, 9.17) is 0 Å². The molecule has 1 spiro atoms. The number of para-hydroxylation sites is 3. The Balaban J connectivity index is 1.03. The molecule has 0 saturated heterocycles. The Morgan fingerprint density at radius 2 is 0.620 bits per heavy atom. The molecule has 0 unspecified atom stereocenters. The first-order valence-corrected chi connectivity index (χ1v) is 39.2. The van der Waals surface area contributed by atoms with Crippen LogP contribution >= 0.6 is 0 Å². The predicted octanol–water partition coefficient (Wildman–Crippen LogP) is 25.8. The summed E-state index contributed by atoms with van der Waals surface area (Å²) in [6.45, 7) is 42.3. The molecule has 0 N–H and O–H groups in total. The summed E-state index contributed by atoms with van der Waals surface area (Å²) in [5.74, 6) is 0. The summed E-state index contributed by atoms with van der Waals surface area (Å²) in [7, 11) is 0. The first kappa shape index (κ1) is 68.9. The van der Waals surface area contributed by atoms with E-state index in [-0.39, 0.29) is 39.2 Å². The average molecular weight is 1400 g/mol. The maximum absolute atomic E-state index is 2.78. The van der Waals surface area contributed by atoms with Gasteiger partial charge in [0.15, 0.2) is 0 Å². The van der Waals surface area contributed by atoms with Crippen molar-refractivity contribution >= 4 is 101 Å². The zero-order valence-electron chi connectivity index (χ0n) is 66.3. The first-order chi connectivity index (χ1) is 51.4. The molecule has 108 heavy (non-hydrogen) atoms. The van der Waals surface area contributed by atoms with E-state index in [0.29, 0.717) is 0 Å². The lowest BCUT2D eigenvalue weighted by molar-refractivity contribution is 0.587. The Morgan fingerprint density at radius 1 is 0.250 bits per heavy atom. The van der Waals surface area contributed by atoms with Gasteiger partial charge >= 0.3 is 0 Å². The average Bonchev–Trinajstić information content (AvgIpc) is 0.775. The number of hydrogen-bond donors (Lipinski definition) is 0. The minimum Gasteiger partial charge on any atom is -0.310 e. The Morgan fingerprint density at radius 3 is 1.04 bits per heavy atom. The van der Waals surface area contributed by atoms with E-state index in [9.17, 15) is 0 Å². The molecule has 0 fully saturated rings.